The number of hydrogen-bond donors (Lipinski definition) is 1. The first kappa shape index (κ1) is 19.6. The first-order chi connectivity index (χ1) is 15.2. The van der Waals surface area contributed by atoms with Crippen molar-refractivity contribution < 1.29 is 9.53 Å². The highest BCUT2D eigenvalue weighted by Crippen LogP contribution is 2.37. The van der Waals surface area contributed by atoms with Crippen molar-refractivity contribution in [2.45, 2.75) is 0 Å². The predicted molar refractivity (Wildman–Crippen MR) is 125 cm³/mol. The van der Waals surface area contributed by atoms with Crippen molar-refractivity contribution in [2.75, 3.05) is 31.5 Å². The number of nitrogens with zero attached hydrogens (tertiary/aromatic N) is 3. The van der Waals surface area contributed by atoms with Crippen LogP contribution in [0.3, 0.4) is 0 Å². The van der Waals surface area contributed by atoms with Crippen molar-refractivity contribution in [1.82, 2.24) is 9.80 Å². The first-order valence-corrected chi connectivity index (χ1v) is 11.0. The van der Waals surface area contributed by atoms with Crippen LogP contribution < -0.4 is 10.1 Å². The molecule has 2 aliphatic rings. The van der Waals surface area contributed by atoms with Gasteiger partial charge < -0.3 is 19.9 Å². The predicted octanol–water partition coefficient (Wildman–Crippen LogP) is 5.48. The number of aliphatic imine (C=N–C) groups is 1. The molecule has 0 bridgehead atoms. The Hall–Kier alpha value is -3.32. The normalized spacial score (nSPS) is 15.2. The van der Waals surface area contributed by atoms with Gasteiger partial charge in [0.05, 0.1) is 5.56 Å². The van der Waals surface area contributed by atoms with Crippen molar-refractivity contribution in [3.8, 4) is 11.5 Å². The number of anilines is 1. The van der Waals surface area contributed by atoms with Gasteiger partial charge >= 0.3 is 6.03 Å². The molecule has 0 radical (unpaired) electrons. The molecule has 31 heavy (non-hydrogen) atoms. The lowest BCUT2D eigenvalue weighted by Crippen LogP contribution is -2.51. The van der Waals surface area contributed by atoms with Crippen LogP contribution in [0.15, 0.2) is 82.3 Å². The van der Waals surface area contributed by atoms with Crippen LogP contribution in [-0.2, 0) is 0 Å². The van der Waals surface area contributed by atoms with Crippen molar-refractivity contribution in [3.05, 3.63) is 82.8 Å². The van der Waals surface area contributed by atoms with Gasteiger partial charge in [-0.25, -0.2) is 9.79 Å². The number of rotatable bonds is 1. The minimum Gasteiger partial charge on any atom is -0.454 e. The molecule has 3 aromatic carbocycles. The largest absolute Gasteiger partial charge is 0.454 e. The summed E-state index contributed by atoms with van der Waals surface area (Å²) in [5.74, 6) is 2.42. The number of halogens is 1. The van der Waals surface area contributed by atoms with Gasteiger partial charge in [-0.2, -0.15) is 0 Å². The zero-order valence-corrected chi connectivity index (χ0v) is 18.4. The second kappa shape index (κ2) is 8.43. The van der Waals surface area contributed by atoms with E-state index in [1.165, 1.54) is 0 Å². The smallest absolute Gasteiger partial charge is 0.321 e. The number of carbonyl (C=O) groups is 1. The topological polar surface area (TPSA) is 57.2 Å². The van der Waals surface area contributed by atoms with Crippen molar-refractivity contribution in [1.29, 1.82) is 0 Å². The summed E-state index contributed by atoms with van der Waals surface area (Å²) < 4.78 is 7.07. The highest BCUT2D eigenvalue weighted by atomic mass is 79.9. The molecule has 1 saturated heterocycles. The molecule has 6 nitrogen and oxygen atoms in total. The van der Waals surface area contributed by atoms with Crippen LogP contribution in [0.5, 0.6) is 11.5 Å². The van der Waals surface area contributed by atoms with E-state index >= 15 is 0 Å². The van der Waals surface area contributed by atoms with Gasteiger partial charge in [0.25, 0.3) is 0 Å². The molecule has 5 rings (SSSR count). The molecule has 0 atom stereocenters. The number of fused-ring (bicyclic) bond motifs is 2. The fourth-order valence-corrected chi connectivity index (χ4v) is 4.20. The van der Waals surface area contributed by atoms with E-state index in [2.05, 4.69) is 26.1 Å². The van der Waals surface area contributed by atoms with Gasteiger partial charge in [0.2, 0.25) is 0 Å². The Bertz CT molecular complexity index is 1160. The summed E-state index contributed by atoms with van der Waals surface area (Å²) in [5.41, 5.74) is 2.55. The van der Waals surface area contributed by atoms with Gasteiger partial charge in [-0.15, -0.1) is 0 Å². The Morgan fingerprint density at radius 2 is 1.65 bits per heavy atom. The number of piperazine rings is 1. The molecule has 2 amide bonds. The fourth-order valence-electron chi connectivity index (χ4n) is 3.80. The molecular formula is C24H21BrN4O2. The number of benzene rings is 3. The number of amidine groups is 1. The van der Waals surface area contributed by atoms with E-state index in [1.807, 2.05) is 77.7 Å². The summed E-state index contributed by atoms with van der Waals surface area (Å²) in [6, 6.07) is 23.3. The van der Waals surface area contributed by atoms with E-state index in [1.54, 1.807) is 0 Å². The number of ether oxygens (including phenoxy) is 1. The van der Waals surface area contributed by atoms with Gasteiger partial charge in [0.1, 0.15) is 17.3 Å². The summed E-state index contributed by atoms with van der Waals surface area (Å²) in [6.07, 6.45) is 0. The van der Waals surface area contributed by atoms with Crippen molar-refractivity contribution in [2.24, 2.45) is 4.99 Å². The summed E-state index contributed by atoms with van der Waals surface area (Å²) in [6.45, 7) is 2.62. The summed E-state index contributed by atoms with van der Waals surface area (Å²) in [4.78, 5) is 21.7. The first-order valence-electron chi connectivity index (χ1n) is 10.2. The SMILES string of the molecule is O=C(Nc1cccc(Br)c1)N1CCN(C2=Nc3ccccc3Oc3ccccc32)CC1. The molecular weight excluding hydrogens is 456 g/mol. The lowest BCUT2D eigenvalue weighted by molar-refractivity contribution is 0.181. The summed E-state index contributed by atoms with van der Waals surface area (Å²) in [5, 5.41) is 2.97. The third kappa shape index (κ3) is 4.14. The van der Waals surface area contributed by atoms with Gasteiger partial charge in [-0.05, 0) is 42.5 Å². The molecule has 1 N–H and O–H groups in total. The summed E-state index contributed by atoms with van der Waals surface area (Å²) in [7, 11) is 0. The molecule has 1 fully saturated rings. The minimum atomic E-state index is -0.0883. The van der Waals surface area contributed by atoms with Crippen molar-refractivity contribution in [3.63, 3.8) is 0 Å². The molecule has 0 spiro atoms. The van der Waals surface area contributed by atoms with Crippen LogP contribution in [0.25, 0.3) is 0 Å². The van der Waals surface area contributed by atoms with Crippen LogP contribution in [0.2, 0.25) is 0 Å². The van der Waals surface area contributed by atoms with E-state index in [-0.39, 0.29) is 6.03 Å². The van der Waals surface area contributed by atoms with Crippen LogP contribution in [0, 0.1) is 0 Å². The van der Waals surface area contributed by atoms with Crippen LogP contribution in [0.1, 0.15) is 5.56 Å². The minimum absolute atomic E-state index is 0.0883. The van der Waals surface area contributed by atoms with Gasteiger partial charge in [-0.1, -0.05) is 46.3 Å². The quantitative estimate of drug-likeness (QED) is 0.505. The fraction of sp³-hybridized carbons (Fsp3) is 0.167. The standard InChI is InChI=1S/C24H21BrN4O2/c25-17-6-5-7-18(16-17)26-24(30)29-14-12-28(13-15-29)23-19-8-1-3-10-21(19)31-22-11-4-2-9-20(22)27-23/h1-11,16H,12-15H2,(H,26,30). The van der Waals surface area contributed by atoms with E-state index in [9.17, 15) is 4.79 Å². The Morgan fingerprint density at radius 3 is 2.45 bits per heavy atom. The molecule has 0 aromatic heterocycles. The maximum Gasteiger partial charge on any atom is 0.321 e. The van der Waals surface area contributed by atoms with E-state index < -0.39 is 0 Å². The zero-order valence-electron chi connectivity index (χ0n) is 16.8. The van der Waals surface area contributed by atoms with E-state index in [0.29, 0.717) is 26.2 Å². The lowest BCUT2D eigenvalue weighted by Gasteiger charge is -2.36. The molecule has 7 heteroatoms. The third-order valence-corrected chi connectivity index (χ3v) is 5.88. The Kier molecular flexibility index (Phi) is 5.34. The third-order valence-electron chi connectivity index (χ3n) is 5.38. The maximum absolute atomic E-state index is 12.7. The molecule has 156 valence electrons. The Morgan fingerprint density at radius 1 is 0.903 bits per heavy atom. The van der Waals surface area contributed by atoms with Crippen LogP contribution in [-0.4, -0.2) is 47.8 Å². The van der Waals surface area contributed by atoms with Gasteiger partial charge in [0, 0.05) is 36.3 Å². The molecule has 0 aliphatic carbocycles. The van der Waals surface area contributed by atoms with Gasteiger partial charge in [0.15, 0.2) is 5.75 Å². The van der Waals surface area contributed by atoms with Gasteiger partial charge in [-0.3, -0.25) is 0 Å². The average Bonchev–Trinajstić information content (AvgIpc) is 2.96. The number of hydrogen-bond acceptors (Lipinski definition) is 4. The second-order valence-electron chi connectivity index (χ2n) is 7.42. The number of urea groups is 1. The lowest BCUT2D eigenvalue weighted by atomic mass is 10.1. The second-order valence-corrected chi connectivity index (χ2v) is 8.33. The number of para-hydroxylation sites is 3. The van der Waals surface area contributed by atoms with E-state index in [4.69, 9.17) is 9.73 Å². The maximum atomic E-state index is 12.7. The highest BCUT2D eigenvalue weighted by Gasteiger charge is 2.27. The highest BCUT2D eigenvalue weighted by molar-refractivity contribution is 9.10. The molecule has 0 saturated carbocycles. The van der Waals surface area contributed by atoms with E-state index in [0.717, 1.165) is 38.7 Å². The average molecular weight is 477 g/mol. The molecule has 2 heterocycles. The molecule has 3 aromatic rings. The van der Waals surface area contributed by atoms with Crippen LogP contribution >= 0.6 is 15.9 Å². The monoisotopic (exact) mass is 476 g/mol. The van der Waals surface area contributed by atoms with Crippen molar-refractivity contribution >= 4 is 39.2 Å². The summed E-state index contributed by atoms with van der Waals surface area (Å²) >= 11 is 3.44. The number of nitrogens with one attached hydrogen (secondary N) is 1. The molecule has 0 unspecified atom stereocenters. The molecule has 2 aliphatic heterocycles. The number of amides is 2. The Labute approximate surface area is 189 Å². The van der Waals surface area contributed by atoms with Crippen LogP contribution in [0.4, 0.5) is 16.2 Å². The number of carbonyl (C=O) groups excluding carboxylic acids is 1. The Balaban J connectivity index is 1.34. The zero-order chi connectivity index (χ0) is 21.2.